The van der Waals surface area contributed by atoms with Crippen LogP contribution in [0.15, 0.2) is 46.0 Å². The van der Waals surface area contributed by atoms with E-state index in [2.05, 4.69) is 4.72 Å². The van der Waals surface area contributed by atoms with Crippen molar-refractivity contribution in [3.8, 4) is 5.75 Å². The third-order valence-corrected chi connectivity index (χ3v) is 5.26. The highest BCUT2D eigenvalue weighted by atomic mass is 32.2. The Morgan fingerprint density at radius 1 is 1.21 bits per heavy atom. The number of thiophene rings is 1. The molecule has 1 N–H and O–H groups in total. The number of benzene rings is 1. The highest BCUT2D eigenvalue weighted by Crippen LogP contribution is 2.16. The van der Waals surface area contributed by atoms with E-state index in [-0.39, 0.29) is 6.54 Å². The molecule has 2 rings (SSSR count). The Hall–Kier alpha value is -1.37. The van der Waals surface area contributed by atoms with Gasteiger partial charge in [-0.15, -0.1) is 11.3 Å². The lowest BCUT2D eigenvalue weighted by atomic mass is 10.2. The van der Waals surface area contributed by atoms with Crippen LogP contribution in [-0.4, -0.2) is 15.0 Å². The zero-order valence-electron chi connectivity index (χ0n) is 10.5. The number of nitrogens with one attached hydrogen (secondary N) is 1. The molecule has 0 aliphatic rings. The van der Waals surface area contributed by atoms with Gasteiger partial charge in [0.05, 0.1) is 6.61 Å². The van der Waals surface area contributed by atoms with Gasteiger partial charge in [0.25, 0.3) is 0 Å². The van der Waals surface area contributed by atoms with Crippen LogP contribution in [0.1, 0.15) is 12.5 Å². The van der Waals surface area contributed by atoms with E-state index in [1.54, 1.807) is 17.5 Å². The predicted molar refractivity (Wildman–Crippen MR) is 76.0 cm³/mol. The van der Waals surface area contributed by atoms with Crippen LogP contribution in [0.4, 0.5) is 0 Å². The van der Waals surface area contributed by atoms with Crippen LogP contribution in [-0.2, 0) is 16.6 Å². The molecule has 0 atom stereocenters. The summed E-state index contributed by atoms with van der Waals surface area (Å²) in [6, 6.07) is 10.7. The quantitative estimate of drug-likeness (QED) is 0.891. The Morgan fingerprint density at radius 3 is 2.53 bits per heavy atom. The number of rotatable bonds is 6. The Morgan fingerprint density at radius 2 is 1.95 bits per heavy atom. The van der Waals surface area contributed by atoms with Crippen molar-refractivity contribution in [1.29, 1.82) is 0 Å². The van der Waals surface area contributed by atoms with Crippen molar-refractivity contribution in [1.82, 2.24) is 4.72 Å². The molecule has 1 aromatic carbocycles. The Labute approximate surface area is 117 Å². The van der Waals surface area contributed by atoms with Gasteiger partial charge in [-0.05, 0) is 36.1 Å². The van der Waals surface area contributed by atoms with Crippen molar-refractivity contribution in [3.63, 3.8) is 0 Å². The molecular formula is C13H15NO3S2. The van der Waals surface area contributed by atoms with Crippen LogP contribution in [0.5, 0.6) is 5.75 Å². The fourth-order valence-electron chi connectivity index (χ4n) is 1.54. The molecule has 1 heterocycles. The third kappa shape index (κ3) is 3.79. The molecule has 0 radical (unpaired) electrons. The first-order valence-electron chi connectivity index (χ1n) is 5.87. The summed E-state index contributed by atoms with van der Waals surface area (Å²) in [5, 5.41) is 1.74. The average Bonchev–Trinajstić information content (AvgIpc) is 2.93. The maximum atomic E-state index is 11.9. The third-order valence-electron chi connectivity index (χ3n) is 2.46. The van der Waals surface area contributed by atoms with Crippen molar-refractivity contribution in [2.45, 2.75) is 17.7 Å². The second-order valence-corrected chi connectivity index (χ2v) is 6.78. The smallest absolute Gasteiger partial charge is 0.250 e. The molecule has 0 spiro atoms. The Kier molecular flexibility index (Phi) is 4.57. The molecule has 0 saturated heterocycles. The normalized spacial score (nSPS) is 11.4. The predicted octanol–water partition coefficient (Wildman–Crippen LogP) is 2.63. The van der Waals surface area contributed by atoms with Gasteiger partial charge in [-0.3, -0.25) is 0 Å². The molecule has 2 aromatic rings. The highest BCUT2D eigenvalue weighted by Gasteiger charge is 2.14. The van der Waals surface area contributed by atoms with Gasteiger partial charge < -0.3 is 4.74 Å². The molecule has 102 valence electrons. The lowest BCUT2D eigenvalue weighted by Crippen LogP contribution is -2.22. The molecule has 19 heavy (non-hydrogen) atoms. The van der Waals surface area contributed by atoms with Crippen LogP contribution >= 0.6 is 11.3 Å². The lowest BCUT2D eigenvalue weighted by Gasteiger charge is -2.06. The average molecular weight is 297 g/mol. The van der Waals surface area contributed by atoms with E-state index in [0.29, 0.717) is 10.8 Å². The zero-order valence-corrected chi connectivity index (χ0v) is 12.1. The van der Waals surface area contributed by atoms with Gasteiger partial charge in [-0.2, -0.15) is 0 Å². The minimum Gasteiger partial charge on any atom is -0.494 e. The number of sulfonamides is 1. The van der Waals surface area contributed by atoms with Gasteiger partial charge in [-0.1, -0.05) is 18.2 Å². The van der Waals surface area contributed by atoms with Gasteiger partial charge in [0, 0.05) is 6.54 Å². The van der Waals surface area contributed by atoms with Crippen molar-refractivity contribution >= 4 is 21.4 Å². The minimum atomic E-state index is -3.40. The SMILES string of the molecule is CCOc1ccc(CNS(=O)(=O)c2cccs2)cc1. The van der Waals surface area contributed by atoms with E-state index in [4.69, 9.17) is 4.74 Å². The van der Waals surface area contributed by atoms with Crippen LogP contribution in [0.2, 0.25) is 0 Å². The van der Waals surface area contributed by atoms with E-state index in [1.807, 2.05) is 31.2 Å². The first-order chi connectivity index (χ1) is 9.12. The van der Waals surface area contributed by atoms with Gasteiger partial charge in [-0.25, -0.2) is 13.1 Å². The van der Waals surface area contributed by atoms with Crippen molar-refractivity contribution in [3.05, 3.63) is 47.3 Å². The number of ether oxygens (including phenoxy) is 1. The van der Waals surface area contributed by atoms with Crippen LogP contribution in [0.25, 0.3) is 0 Å². The summed E-state index contributed by atoms with van der Waals surface area (Å²) >= 11 is 1.20. The molecule has 0 fully saturated rings. The van der Waals surface area contributed by atoms with E-state index in [1.165, 1.54) is 11.3 Å². The summed E-state index contributed by atoms with van der Waals surface area (Å²) in [6.45, 7) is 2.81. The van der Waals surface area contributed by atoms with Gasteiger partial charge in [0.2, 0.25) is 10.0 Å². The molecule has 0 unspecified atom stereocenters. The Bertz CT molecular complexity index is 604. The van der Waals surface area contributed by atoms with Crippen LogP contribution < -0.4 is 9.46 Å². The van der Waals surface area contributed by atoms with Gasteiger partial charge in [0.1, 0.15) is 9.96 Å². The van der Waals surface area contributed by atoms with E-state index >= 15 is 0 Å². The summed E-state index contributed by atoms with van der Waals surface area (Å²) in [5.74, 6) is 0.785. The second kappa shape index (κ2) is 6.18. The number of hydrogen-bond donors (Lipinski definition) is 1. The summed E-state index contributed by atoms with van der Waals surface area (Å²) in [7, 11) is -3.40. The molecule has 0 aliphatic heterocycles. The summed E-state index contributed by atoms with van der Waals surface area (Å²) in [4.78, 5) is 0. The zero-order chi connectivity index (χ0) is 13.7. The minimum absolute atomic E-state index is 0.270. The van der Waals surface area contributed by atoms with E-state index in [0.717, 1.165) is 11.3 Å². The van der Waals surface area contributed by atoms with E-state index in [9.17, 15) is 8.42 Å². The first kappa shape index (κ1) is 14.0. The first-order valence-corrected chi connectivity index (χ1v) is 8.23. The molecule has 0 saturated carbocycles. The highest BCUT2D eigenvalue weighted by molar-refractivity contribution is 7.91. The molecule has 6 heteroatoms. The maximum Gasteiger partial charge on any atom is 0.250 e. The van der Waals surface area contributed by atoms with Gasteiger partial charge in [0.15, 0.2) is 0 Å². The molecule has 1 aromatic heterocycles. The van der Waals surface area contributed by atoms with Crippen molar-refractivity contribution < 1.29 is 13.2 Å². The fourth-order valence-corrected chi connectivity index (χ4v) is 3.59. The summed E-state index contributed by atoms with van der Waals surface area (Å²) < 4.78 is 32.1. The monoisotopic (exact) mass is 297 g/mol. The second-order valence-electron chi connectivity index (χ2n) is 3.83. The molecule has 0 amide bonds. The van der Waals surface area contributed by atoms with Gasteiger partial charge >= 0.3 is 0 Å². The number of hydrogen-bond acceptors (Lipinski definition) is 4. The van der Waals surface area contributed by atoms with E-state index < -0.39 is 10.0 Å². The molecule has 4 nitrogen and oxygen atoms in total. The maximum absolute atomic E-state index is 11.9. The fraction of sp³-hybridized carbons (Fsp3) is 0.231. The summed E-state index contributed by atoms with van der Waals surface area (Å²) in [6.07, 6.45) is 0. The summed E-state index contributed by atoms with van der Waals surface area (Å²) in [5.41, 5.74) is 0.892. The van der Waals surface area contributed by atoms with Crippen LogP contribution in [0.3, 0.4) is 0 Å². The van der Waals surface area contributed by atoms with Crippen LogP contribution in [0, 0.1) is 0 Å². The largest absolute Gasteiger partial charge is 0.494 e. The lowest BCUT2D eigenvalue weighted by molar-refractivity contribution is 0.340. The van der Waals surface area contributed by atoms with Crippen molar-refractivity contribution in [2.24, 2.45) is 0 Å². The molecule has 0 bridgehead atoms. The molecular weight excluding hydrogens is 282 g/mol. The standard InChI is InChI=1S/C13H15NO3S2/c1-2-17-12-7-5-11(6-8-12)10-14-19(15,16)13-4-3-9-18-13/h3-9,14H,2,10H2,1H3. The molecule has 0 aliphatic carbocycles. The van der Waals surface area contributed by atoms with Crippen molar-refractivity contribution in [2.75, 3.05) is 6.61 Å². The Balaban J connectivity index is 1.99. The topological polar surface area (TPSA) is 55.4 Å².